The van der Waals surface area contributed by atoms with Gasteiger partial charge in [-0.3, -0.25) is 81.5 Å². The molecule has 3 aromatic carbocycles. The van der Waals surface area contributed by atoms with Crippen molar-refractivity contribution in [3.05, 3.63) is 102 Å². The lowest BCUT2D eigenvalue weighted by atomic mass is 9.97. The van der Waals surface area contributed by atoms with Crippen LogP contribution in [0.2, 0.25) is 0 Å². The van der Waals surface area contributed by atoms with Crippen LogP contribution in [0.15, 0.2) is 85.2 Å². The Hall–Kier alpha value is -11.9. The van der Waals surface area contributed by atoms with Crippen molar-refractivity contribution in [2.24, 2.45) is 23.3 Å². The molecule has 41 heteroatoms. The molecule has 39 nitrogen and oxygen atoms in total. The highest BCUT2D eigenvalue weighted by molar-refractivity contribution is 8.00. The van der Waals surface area contributed by atoms with E-state index in [2.05, 4.69) is 58.2 Å². The first-order valence-corrected chi connectivity index (χ1v) is 46.2. The number of thioether (sulfide) groups is 2. The molecule has 0 radical (unpaired) electrons. The molecular weight excluding hydrogens is 1710 g/mol. The quantitative estimate of drug-likeness (QED) is 0.0517. The second-order valence-electron chi connectivity index (χ2n) is 34.9. The molecular formula is C88H119N19O20S2. The summed E-state index contributed by atoms with van der Waals surface area (Å²) in [6.07, 6.45) is 3.41. The van der Waals surface area contributed by atoms with Crippen LogP contribution in [0.25, 0.3) is 21.8 Å². The number of aliphatic hydroxyl groups excluding tert-OH is 1. The number of carbonyl (C=O) groups is 17. The third-order valence-corrected chi connectivity index (χ3v) is 26.7. The number of hydrogen-bond acceptors (Lipinski definition) is 22. The number of phenols is 1. The standard InChI is InChI=1S/C88H119N19O20S2/c1-47(2)32-63-84(124)103(6)70(78(118)92-39-71(90)110)45-128-46-73(112)95-65(34-49-23-26-53(108)27-24-49)85(125)105-31-15-22-68(105)80(120)98-60-28-25-52-44-129-88(107(52)87(60)127)82(122)93-40-72(111)94-64(33-48(3)4)86(126)106-42-54(109)37-69(106)81(121)100-61(35-50-38-91-57-18-13-11-16-55(50)57)76(116)96-58(29-30-89)75(115)99-62(36-51-41-104(43-74(113)114)66-20-14-12-17-56(51)66)77(117)97-59-19-9-7-8-10-21-67(79(119)101-63)102(5)83(59)123/h11-14,16-18,20,23-24,26-27,38,41,47-48,52,54,58-65,67-70,88,91,108-109H,7-10,15,19,21-22,25,28-37,39-40,42-46,89H2,1-6H3,(H2,90,110)(H,92,118)(H,93,122)(H,94,111)(H,95,112)(H,96,116)(H,97,117)(H,98,120)(H,99,115)(H,100,121)(H,101,119)(H,113,114)/t52?,54-,58+,59?,60-,61+,62+,63+,64+,65+,67?,68+,69+,70+,88-/m1/s1. The Labute approximate surface area is 754 Å². The Kier molecular flexibility index (Phi) is 34.0. The van der Waals surface area contributed by atoms with Gasteiger partial charge in [0.2, 0.25) is 88.6 Å². The van der Waals surface area contributed by atoms with Gasteiger partial charge >= 0.3 is 5.97 Å². The number of primary amides is 1. The van der Waals surface area contributed by atoms with E-state index in [1.807, 2.05) is 0 Å². The van der Waals surface area contributed by atoms with Crippen LogP contribution in [-0.2, 0) is 107 Å². The van der Waals surface area contributed by atoms with Gasteiger partial charge in [0.05, 0.1) is 24.9 Å². The van der Waals surface area contributed by atoms with Gasteiger partial charge in [-0.2, -0.15) is 0 Å². The lowest BCUT2D eigenvalue weighted by Gasteiger charge is -2.37. The number of aromatic hydroxyl groups is 1. The number of fused-ring (bicyclic) bond motifs is 8. The molecule has 5 aromatic rings. The van der Waals surface area contributed by atoms with Crippen LogP contribution in [0.3, 0.4) is 0 Å². The predicted molar refractivity (Wildman–Crippen MR) is 475 cm³/mol. The highest BCUT2D eigenvalue weighted by Gasteiger charge is 2.50. The topological polar surface area (TPSA) is 560 Å². The Morgan fingerprint density at radius 3 is 1.84 bits per heavy atom. The number of carbonyl (C=O) groups excluding carboxylic acids is 16. The molecule has 6 fully saturated rings. The van der Waals surface area contributed by atoms with E-state index in [0.29, 0.717) is 82.8 Å². The van der Waals surface area contributed by atoms with Crippen molar-refractivity contribution in [3.8, 4) is 5.75 Å². The zero-order chi connectivity index (χ0) is 93.2. The minimum atomic E-state index is -1.64. The van der Waals surface area contributed by atoms with Crippen molar-refractivity contribution in [1.29, 1.82) is 0 Å². The summed E-state index contributed by atoms with van der Waals surface area (Å²) < 4.78 is 1.45. The van der Waals surface area contributed by atoms with E-state index in [9.17, 15) is 53.7 Å². The van der Waals surface area contributed by atoms with E-state index in [0.717, 1.165) is 38.2 Å². The molecule has 698 valence electrons. The number of carboxylic acid groups (broad SMARTS) is 1. The van der Waals surface area contributed by atoms with Gasteiger partial charge in [-0.15, -0.1) is 23.5 Å². The number of hydrogen-bond donors (Lipinski definition) is 16. The average Bonchev–Trinajstić information content (AvgIpc) is 1.67. The second-order valence-corrected chi connectivity index (χ2v) is 37.0. The number of H-pyrrole nitrogens is 1. The molecule has 0 saturated carbocycles. The average molecular weight is 1830 g/mol. The van der Waals surface area contributed by atoms with Crippen LogP contribution >= 0.6 is 23.5 Å². The van der Waals surface area contributed by atoms with Gasteiger partial charge in [-0.1, -0.05) is 102 Å². The SMILES string of the molecule is CC(C)C[C@@H]1NC(=O)C2CCCCCCC(NC(=O)[C@H](Cc3cn(CC(=O)O)c4ccccc34)NC(=O)[C@H](CCN)NC(=O)[C@H](Cc3c[nH]c4ccccc34)NC(=O)[C@@H]3C[C@@H](O)CN3C(=O)[C@H](CC(C)C)NC(=O)CNC(=O)[C@H]3SCC4CC[C@@H](NC(=O)[C@@H]5CCCN5C(=O)[C@H](Cc5ccc(O)cc5)NC(=O)CSC[C@@H](C(=O)NCC(N)=O)N(C)C1=O)C(=O)N43)C(=O)N2C. The number of aromatic nitrogens is 2. The van der Waals surface area contributed by atoms with Crippen LogP contribution in [0, 0.1) is 11.8 Å². The zero-order valence-corrected chi connectivity index (χ0v) is 74.9. The normalized spacial score (nSPS) is 26.9. The Morgan fingerprint density at radius 1 is 0.558 bits per heavy atom. The third kappa shape index (κ3) is 25.2. The van der Waals surface area contributed by atoms with Crippen LogP contribution in [-0.4, -0.2) is 304 Å². The van der Waals surface area contributed by atoms with Crippen LogP contribution in [0.5, 0.6) is 5.75 Å². The molecule has 18 N–H and O–H groups in total. The van der Waals surface area contributed by atoms with Gasteiger partial charge < -0.3 is 114 Å². The molecule has 2 aromatic heterocycles. The van der Waals surface area contributed by atoms with Gasteiger partial charge in [0.1, 0.15) is 84.8 Å². The number of likely N-dealkylation sites (N-methyl/N-ethyl adjacent to an activating group) is 2. The zero-order valence-electron chi connectivity index (χ0n) is 73.2. The molecule has 6 aliphatic rings. The fourth-order valence-corrected chi connectivity index (χ4v) is 20.1. The number of phenolic OH excluding ortho intramolecular Hbond substituents is 1. The highest BCUT2D eigenvalue weighted by atomic mass is 32.2. The minimum Gasteiger partial charge on any atom is -0.508 e. The van der Waals surface area contributed by atoms with Gasteiger partial charge in [-0.05, 0) is 117 Å². The number of nitrogens with two attached hydrogens (primary N) is 2. The molecule has 16 amide bonds. The van der Waals surface area contributed by atoms with Crippen molar-refractivity contribution in [3.63, 3.8) is 0 Å². The van der Waals surface area contributed by atoms with E-state index in [1.54, 1.807) is 94.6 Å². The number of piperidine rings is 1. The summed E-state index contributed by atoms with van der Waals surface area (Å²) in [7, 11) is 2.66. The molecule has 6 saturated heterocycles. The molecule has 0 spiro atoms. The molecule has 129 heavy (non-hydrogen) atoms. The van der Waals surface area contributed by atoms with Gasteiger partial charge in [0.25, 0.3) is 5.91 Å². The lowest BCUT2D eigenvalue weighted by molar-refractivity contribution is -0.146. The van der Waals surface area contributed by atoms with Crippen molar-refractivity contribution < 1.29 is 96.8 Å². The van der Waals surface area contributed by atoms with Crippen molar-refractivity contribution >= 4 is 146 Å². The highest BCUT2D eigenvalue weighted by Crippen LogP contribution is 2.37. The lowest BCUT2D eigenvalue weighted by Crippen LogP contribution is -2.61. The number of aliphatic carboxylic acids is 1. The fraction of sp³-hybridized carbons (Fsp3) is 0.557. The van der Waals surface area contributed by atoms with Crippen LogP contribution in [0.1, 0.15) is 134 Å². The van der Waals surface area contributed by atoms with E-state index < -0.39 is 222 Å². The number of carboxylic acids is 1. The smallest absolute Gasteiger partial charge is 0.323 e. The molecule has 0 aliphatic carbocycles. The second kappa shape index (κ2) is 44.9. The maximum Gasteiger partial charge on any atom is 0.323 e. The summed E-state index contributed by atoms with van der Waals surface area (Å²) >= 11 is 2.01. The maximum atomic E-state index is 15.5. The molecule has 4 bridgehead atoms. The molecule has 11 rings (SSSR count). The number of aromatic amines is 1. The van der Waals surface area contributed by atoms with Crippen LogP contribution < -0.4 is 64.6 Å². The summed E-state index contributed by atoms with van der Waals surface area (Å²) in [5, 5.41) is 59.0. The predicted octanol–water partition coefficient (Wildman–Crippen LogP) is -1.25. The molecule has 8 heterocycles. The van der Waals surface area contributed by atoms with Gasteiger partial charge in [-0.25, -0.2) is 0 Å². The summed E-state index contributed by atoms with van der Waals surface area (Å²) in [6.45, 7) is 4.68. The summed E-state index contributed by atoms with van der Waals surface area (Å²) in [4.78, 5) is 257. The summed E-state index contributed by atoms with van der Waals surface area (Å²) in [6, 6.07) is 2.40. The van der Waals surface area contributed by atoms with Crippen LogP contribution in [0.4, 0.5) is 0 Å². The number of nitrogens with one attached hydrogen (secondary N) is 11. The van der Waals surface area contributed by atoms with E-state index in [-0.39, 0.29) is 107 Å². The summed E-state index contributed by atoms with van der Waals surface area (Å²) in [5.41, 5.74) is 14.2. The van der Waals surface area contributed by atoms with E-state index >= 15 is 43.2 Å². The molecule has 15 atom stereocenters. The first-order chi connectivity index (χ1) is 61.5. The van der Waals surface area contributed by atoms with Crippen molar-refractivity contribution in [1.82, 2.24) is 87.2 Å². The molecule has 6 aliphatic heterocycles. The van der Waals surface area contributed by atoms with Gasteiger partial charge in [0.15, 0.2) is 5.37 Å². The number of benzene rings is 3. The maximum absolute atomic E-state index is 15.5. The number of amides is 16. The monoisotopic (exact) mass is 1830 g/mol. The Morgan fingerprint density at radius 2 is 1.15 bits per heavy atom. The first-order valence-electron chi connectivity index (χ1n) is 44.0. The Balaban J connectivity index is 0.921. The molecule has 3 unspecified atom stereocenters. The van der Waals surface area contributed by atoms with E-state index in [1.165, 1.54) is 46.8 Å². The third-order valence-electron chi connectivity index (χ3n) is 24.3. The largest absolute Gasteiger partial charge is 0.508 e. The number of aliphatic hydroxyl groups is 1. The van der Waals surface area contributed by atoms with Gasteiger partial charge in [0, 0.05) is 105 Å². The minimum absolute atomic E-state index is 0.00341. The first kappa shape index (κ1) is 97.8. The number of rotatable bonds is 17. The Bertz CT molecular complexity index is 4990. The van der Waals surface area contributed by atoms with E-state index in [4.69, 9.17) is 11.5 Å². The summed E-state index contributed by atoms with van der Waals surface area (Å²) in [5.74, 6) is -15.3. The number of para-hydroxylation sites is 2. The fourth-order valence-electron chi connectivity index (χ4n) is 17.8. The van der Waals surface area contributed by atoms with Crippen molar-refractivity contribution in [2.45, 2.75) is 233 Å². The number of nitrogens with zero attached hydrogens (tertiary/aromatic N) is 6. The van der Waals surface area contributed by atoms with Crippen molar-refractivity contribution in [2.75, 3.05) is 64.1 Å².